The van der Waals surface area contributed by atoms with E-state index in [-0.39, 0.29) is 5.41 Å². The average Bonchev–Trinajstić information content (AvgIpc) is 3.17. The van der Waals surface area contributed by atoms with Gasteiger partial charge in [0.1, 0.15) is 18.3 Å². The van der Waals surface area contributed by atoms with Crippen LogP contribution in [0.15, 0.2) is 18.5 Å². The highest BCUT2D eigenvalue weighted by Gasteiger charge is 2.70. The summed E-state index contributed by atoms with van der Waals surface area (Å²) in [5.41, 5.74) is 5.66. The standard InChI is InChI=1S/C22H30N3O.BF4/c1-13-9-14(2)18(15(3)10-13)25-12-24-17(23-25)11-26-20-19(24)16-7-8-22(20,6)21(16,4)5;2-1(3,4)5/h9-10,12,16,19-20H,7-8,11H2,1-6H3;/q+1;-1/t16?,19?,20?,22-;/m1./s1. The van der Waals surface area contributed by atoms with Gasteiger partial charge in [-0.2, -0.15) is 0 Å². The Morgan fingerprint density at radius 1 is 1.10 bits per heavy atom. The monoisotopic (exact) mass is 439 g/mol. The first kappa shape index (κ1) is 22.3. The highest BCUT2D eigenvalue weighted by molar-refractivity contribution is 6.50. The Hall–Kier alpha value is -1.90. The topological polar surface area (TPSA) is 30.9 Å². The van der Waals surface area contributed by atoms with Crippen LogP contribution in [0.4, 0.5) is 17.3 Å². The van der Waals surface area contributed by atoms with Crippen LogP contribution >= 0.6 is 0 Å². The van der Waals surface area contributed by atoms with E-state index in [1.165, 1.54) is 35.2 Å². The maximum Gasteiger partial charge on any atom is 0.673 e. The van der Waals surface area contributed by atoms with Crippen molar-refractivity contribution in [1.82, 2.24) is 9.78 Å². The Morgan fingerprint density at radius 3 is 2.26 bits per heavy atom. The highest BCUT2D eigenvalue weighted by Crippen LogP contribution is 2.69. The fourth-order valence-electron chi connectivity index (χ4n) is 6.42. The maximum atomic E-state index is 9.75. The van der Waals surface area contributed by atoms with Gasteiger partial charge in [0, 0.05) is 16.4 Å². The minimum absolute atomic E-state index is 0.269. The molecule has 2 heterocycles. The molecule has 0 amide bonds. The summed E-state index contributed by atoms with van der Waals surface area (Å²) in [6, 6.07) is 4.91. The van der Waals surface area contributed by atoms with E-state index in [0.717, 1.165) is 5.82 Å². The van der Waals surface area contributed by atoms with E-state index in [1.807, 2.05) is 0 Å². The summed E-state index contributed by atoms with van der Waals surface area (Å²) >= 11 is 0. The molecule has 2 saturated carbocycles. The number of aryl methyl sites for hydroxylation is 3. The molecule has 3 unspecified atom stereocenters. The summed E-state index contributed by atoms with van der Waals surface area (Å²) in [5.74, 6) is 1.73. The minimum Gasteiger partial charge on any atom is -0.418 e. The number of ether oxygens (including phenoxy) is 1. The number of nitrogens with zero attached hydrogens (tertiary/aromatic N) is 3. The van der Waals surface area contributed by atoms with Gasteiger partial charge in [0.25, 0.3) is 0 Å². The summed E-state index contributed by atoms with van der Waals surface area (Å²) < 4.78 is 50.0. The zero-order chi connectivity index (χ0) is 22.9. The number of halogens is 4. The molecule has 0 spiro atoms. The van der Waals surface area contributed by atoms with Crippen molar-refractivity contribution < 1.29 is 26.6 Å². The second kappa shape index (κ2) is 7.05. The van der Waals surface area contributed by atoms with Crippen LogP contribution in [0.1, 0.15) is 62.2 Å². The Balaban J connectivity index is 0.000000418. The summed E-state index contributed by atoms with van der Waals surface area (Å²) in [6.07, 6.45) is 5.13. The molecular weight excluding hydrogens is 409 g/mol. The maximum absolute atomic E-state index is 9.75. The second-order valence-corrected chi connectivity index (χ2v) is 10.1. The summed E-state index contributed by atoms with van der Waals surface area (Å²) in [5, 5.41) is 4.94. The first-order chi connectivity index (χ1) is 14.2. The number of aromatic nitrogens is 3. The van der Waals surface area contributed by atoms with Gasteiger partial charge in [0.05, 0.1) is 6.10 Å². The Labute approximate surface area is 180 Å². The molecule has 1 aromatic heterocycles. The summed E-state index contributed by atoms with van der Waals surface area (Å²) in [6.45, 7) is 14.5. The molecule has 2 bridgehead atoms. The van der Waals surface area contributed by atoms with Crippen LogP contribution in [-0.4, -0.2) is 23.1 Å². The van der Waals surface area contributed by atoms with Gasteiger partial charge in [0.15, 0.2) is 0 Å². The van der Waals surface area contributed by atoms with E-state index >= 15 is 0 Å². The molecule has 3 aliphatic rings. The molecule has 5 rings (SSSR count). The lowest BCUT2D eigenvalue weighted by Gasteiger charge is -2.40. The first-order valence-corrected chi connectivity index (χ1v) is 10.8. The molecule has 0 N–H and O–H groups in total. The summed E-state index contributed by atoms with van der Waals surface area (Å²) in [4.78, 5) is 0. The van der Waals surface area contributed by atoms with Crippen LogP contribution in [0.25, 0.3) is 5.69 Å². The van der Waals surface area contributed by atoms with Crippen LogP contribution < -0.4 is 4.57 Å². The van der Waals surface area contributed by atoms with E-state index in [4.69, 9.17) is 9.84 Å². The van der Waals surface area contributed by atoms with Crippen LogP contribution in [0.5, 0.6) is 0 Å². The number of fused-ring (bicyclic) bond motifs is 7. The largest absolute Gasteiger partial charge is 0.673 e. The fraction of sp³-hybridized carbons (Fsp3) is 0.636. The van der Waals surface area contributed by atoms with E-state index in [2.05, 4.69) is 69.3 Å². The van der Waals surface area contributed by atoms with Crippen molar-refractivity contribution in [2.75, 3.05) is 0 Å². The SMILES string of the molecule is Cc1cc(C)c(-n2c[n+]3c(n2)COC2C3C3CC[C@@]2(C)C3(C)C)c(C)c1.F[B-](F)(F)F. The van der Waals surface area contributed by atoms with Gasteiger partial charge < -0.3 is 22.0 Å². The zero-order valence-corrected chi connectivity index (χ0v) is 18.9. The van der Waals surface area contributed by atoms with Crippen LogP contribution in [0.3, 0.4) is 0 Å². The third-order valence-electron chi connectivity index (χ3n) is 8.06. The summed E-state index contributed by atoms with van der Waals surface area (Å²) in [7, 11) is -6.00. The molecule has 1 aliphatic heterocycles. The quantitative estimate of drug-likeness (QED) is 0.344. The molecule has 2 fully saturated rings. The highest BCUT2D eigenvalue weighted by atomic mass is 19.5. The number of benzene rings is 1. The minimum atomic E-state index is -6.00. The van der Waals surface area contributed by atoms with Gasteiger partial charge in [0.2, 0.25) is 6.33 Å². The molecule has 4 atom stereocenters. The molecule has 2 aliphatic carbocycles. The molecule has 170 valence electrons. The lowest BCUT2D eigenvalue weighted by Crippen LogP contribution is -2.56. The van der Waals surface area contributed by atoms with Crippen molar-refractivity contribution >= 4 is 7.25 Å². The third kappa shape index (κ3) is 3.49. The predicted octanol–water partition coefficient (Wildman–Crippen LogP) is 5.28. The molecule has 1 aromatic carbocycles. The first-order valence-electron chi connectivity index (χ1n) is 10.8. The van der Waals surface area contributed by atoms with E-state index in [9.17, 15) is 17.3 Å². The number of hydrogen-bond donors (Lipinski definition) is 0. The van der Waals surface area contributed by atoms with E-state index < -0.39 is 7.25 Å². The van der Waals surface area contributed by atoms with E-state index in [1.54, 1.807) is 0 Å². The second-order valence-electron chi connectivity index (χ2n) is 10.1. The molecule has 0 saturated heterocycles. The van der Waals surface area contributed by atoms with Gasteiger partial charge in [-0.3, -0.25) is 0 Å². The number of rotatable bonds is 1. The van der Waals surface area contributed by atoms with Crippen LogP contribution in [0, 0.1) is 37.5 Å². The number of hydrogen-bond acceptors (Lipinski definition) is 2. The van der Waals surface area contributed by atoms with Crippen LogP contribution in [0.2, 0.25) is 0 Å². The van der Waals surface area contributed by atoms with Gasteiger partial charge in [-0.05, 0) is 50.2 Å². The zero-order valence-electron chi connectivity index (χ0n) is 18.9. The normalized spacial score (nSPS) is 30.5. The molecule has 31 heavy (non-hydrogen) atoms. The van der Waals surface area contributed by atoms with Gasteiger partial charge in [-0.15, -0.1) is 0 Å². The van der Waals surface area contributed by atoms with Gasteiger partial charge in [-0.25, -0.2) is 4.57 Å². The Kier molecular flexibility index (Phi) is 5.07. The van der Waals surface area contributed by atoms with Crippen molar-refractivity contribution in [2.45, 2.75) is 73.1 Å². The molecule has 2 aromatic rings. The molecule has 4 nitrogen and oxygen atoms in total. The lowest BCUT2D eigenvalue weighted by molar-refractivity contribution is -0.756. The third-order valence-corrected chi connectivity index (χ3v) is 8.06. The van der Waals surface area contributed by atoms with E-state index in [0.29, 0.717) is 30.1 Å². The lowest BCUT2D eigenvalue weighted by atomic mass is 9.70. The van der Waals surface area contributed by atoms with Crippen LogP contribution in [-0.2, 0) is 11.3 Å². The Morgan fingerprint density at radius 2 is 1.68 bits per heavy atom. The fourth-order valence-corrected chi connectivity index (χ4v) is 6.42. The molecule has 9 heteroatoms. The van der Waals surface area contributed by atoms with Gasteiger partial charge >= 0.3 is 13.1 Å². The van der Waals surface area contributed by atoms with Gasteiger partial charge in [-0.1, -0.05) is 43.1 Å². The predicted molar refractivity (Wildman–Crippen MR) is 110 cm³/mol. The van der Waals surface area contributed by atoms with Crippen molar-refractivity contribution in [3.8, 4) is 5.69 Å². The van der Waals surface area contributed by atoms with Crippen molar-refractivity contribution in [2.24, 2.45) is 16.7 Å². The smallest absolute Gasteiger partial charge is 0.418 e. The van der Waals surface area contributed by atoms with Crippen molar-refractivity contribution in [3.05, 3.63) is 41.0 Å². The van der Waals surface area contributed by atoms with Crippen molar-refractivity contribution in [3.63, 3.8) is 0 Å². The molecule has 0 radical (unpaired) electrons. The average molecular weight is 439 g/mol. The van der Waals surface area contributed by atoms with Crippen molar-refractivity contribution in [1.29, 1.82) is 0 Å². The Bertz CT molecular complexity index is 990. The molecular formula is C22H30BF4N3O.